The molecular weight excluding hydrogens is 240 g/mol. The van der Waals surface area contributed by atoms with Crippen LogP contribution >= 0.6 is 0 Å². The molecule has 0 aliphatic carbocycles. The van der Waals surface area contributed by atoms with Gasteiger partial charge in [0.15, 0.2) is 0 Å². The van der Waals surface area contributed by atoms with Crippen molar-refractivity contribution in [2.75, 3.05) is 26.3 Å². The molecule has 3 N–H and O–H groups in total. The van der Waals surface area contributed by atoms with Crippen LogP contribution in [0.25, 0.3) is 0 Å². The molecule has 4 nitrogen and oxygen atoms in total. The Balaban J connectivity index is 2.29. The SMILES string of the molecule is CC(C)CC(CN)CC(=O)NCC1(C)CCOCC1. The summed E-state index contributed by atoms with van der Waals surface area (Å²) in [5.41, 5.74) is 5.94. The van der Waals surface area contributed by atoms with Crippen LogP contribution in [0, 0.1) is 17.3 Å². The Kier molecular flexibility index (Phi) is 6.80. The van der Waals surface area contributed by atoms with E-state index in [9.17, 15) is 4.79 Å². The third-order valence-corrected chi connectivity index (χ3v) is 4.02. The molecule has 1 aliphatic heterocycles. The monoisotopic (exact) mass is 270 g/mol. The lowest BCUT2D eigenvalue weighted by Crippen LogP contribution is -2.40. The molecule has 1 amide bonds. The van der Waals surface area contributed by atoms with Crippen LogP contribution in [0.2, 0.25) is 0 Å². The van der Waals surface area contributed by atoms with Gasteiger partial charge in [0.05, 0.1) is 0 Å². The van der Waals surface area contributed by atoms with Gasteiger partial charge in [-0.05, 0) is 43.1 Å². The molecule has 0 aromatic carbocycles. The average Bonchev–Trinajstić information content (AvgIpc) is 2.36. The van der Waals surface area contributed by atoms with E-state index in [0.717, 1.165) is 39.0 Å². The van der Waals surface area contributed by atoms with E-state index in [-0.39, 0.29) is 11.3 Å². The van der Waals surface area contributed by atoms with Crippen molar-refractivity contribution in [1.29, 1.82) is 0 Å². The second-order valence-corrected chi connectivity index (χ2v) is 6.64. The number of hydrogen-bond donors (Lipinski definition) is 2. The zero-order valence-electron chi connectivity index (χ0n) is 12.7. The number of carbonyl (C=O) groups is 1. The van der Waals surface area contributed by atoms with Gasteiger partial charge in [0.1, 0.15) is 0 Å². The van der Waals surface area contributed by atoms with Crippen LogP contribution in [-0.2, 0) is 9.53 Å². The van der Waals surface area contributed by atoms with Crippen LogP contribution < -0.4 is 11.1 Å². The fraction of sp³-hybridized carbons (Fsp3) is 0.933. The van der Waals surface area contributed by atoms with Crippen LogP contribution in [0.4, 0.5) is 0 Å². The summed E-state index contributed by atoms with van der Waals surface area (Å²) in [6.45, 7) is 9.54. The van der Waals surface area contributed by atoms with E-state index in [4.69, 9.17) is 10.5 Å². The predicted octanol–water partition coefficient (Wildman–Crippen LogP) is 1.93. The normalized spacial score (nSPS) is 20.3. The van der Waals surface area contributed by atoms with Crippen molar-refractivity contribution in [2.45, 2.75) is 46.5 Å². The summed E-state index contributed by atoms with van der Waals surface area (Å²) in [6, 6.07) is 0. The third-order valence-electron chi connectivity index (χ3n) is 4.02. The second kappa shape index (κ2) is 7.85. The molecule has 1 unspecified atom stereocenters. The van der Waals surface area contributed by atoms with E-state index < -0.39 is 0 Å². The number of nitrogens with two attached hydrogens (primary N) is 1. The van der Waals surface area contributed by atoms with E-state index in [1.54, 1.807) is 0 Å². The van der Waals surface area contributed by atoms with E-state index in [1.807, 2.05) is 0 Å². The van der Waals surface area contributed by atoms with Gasteiger partial charge in [-0.3, -0.25) is 4.79 Å². The highest BCUT2D eigenvalue weighted by atomic mass is 16.5. The van der Waals surface area contributed by atoms with Gasteiger partial charge in [0.25, 0.3) is 0 Å². The lowest BCUT2D eigenvalue weighted by molar-refractivity contribution is -0.122. The fourth-order valence-corrected chi connectivity index (χ4v) is 2.62. The molecule has 1 atom stereocenters. The number of ether oxygens (including phenoxy) is 1. The van der Waals surface area contributed by atoms with Gasteiger partial charge in [-0.15, -0.1) is 0 Å². The number of carbonyl (C=O) groups excluding carboxylic acids is 1. The van der Waals surface area contributed by atoms with Crippen molar-refractivity contribution >= 4 is 5.91 Å². The summed E-state index contributed by atoms with van der Waals surface area (Å²) in [7, 11) is 0. The van der Waals surface area contributed by atoms with Crippen molar-refractivity contribution < 1.29 is 9.53 Å². The minimum Gasteiger partial charge on any atom is -0.381 e. The Bertz CT molecular complexity index is 273. The van der Waals surface area contributed by atoms with Crippen LogP contribution in [-0.4, -0.2) is 32.2 Å². The molecule has 112 valence electrons. The maximum absolute atomic E-state index is 12.0. The van der Waals surface area contributed by atoms with E-state index in [1.165, 1.54) is 0 Å². The molecule has 1 rings (SSSR count). The van der Waals surface area contributed by atoms with Crippen molar-refractivity contribution in [2.24, 2.45) is 23.0 Å². The predicted molar refractivity (Wildman–Crippen MR) is 77.8 cm³/mol. The molecule has 1 fully saturated rings. The van der Waals surface area contributed by atoms with Crippen LogP contribution in [0.5, 0.6) is 0 Å². The van der Waals surface area contributed by atoms with Gasteiger partial charge in [-0.1, -0.05) is 20.8 Å². The van der Waals surface area contributed by atoms with Crippen molar-refractivity contribution in [3.05, 3.63) is 0 Å². The van der Waals surface area contributed by atoms with Gasteiger partial charge in [0.2, 0.25) is 5.91 Å². The first kappa shape index (κ1) is 16.4. The Labute approximate surface area is 117 Å². The van der Waals surface area contributed by atoms with Gasteiger partial charge >= 0.3 is 0 Å². The van der Waals surface area contributed by atoms with Crippen LogP contribution in [0.15, 0.2) is 0 Å². The molecule has 0 radical (unpaired) electrons. The quantitative estimate of drug-likeness (QED) is 0.743. The molecule has 0 saturated carbocycles. The van der Waals surface area contributed by atoms with E-state index >= 15 is 0 Å². The van der Waals surface area contributed by atoms with Crippen molar-refractivity contribution in [3.8, 4) is 0 Å². The summed E-state index contributed by atoms with van der Waals surface area (Å²) in [5, 5.41) is 3.08. The summed E-state index contributed by atoms with van der Waals surface area (Å²) in [4.78, 5) is 12.0. The first-order chi connectivity index (χ1) is 8.95. The van der Waals surface area contributed by atoms with E-state index in [2.05, 4.69) is 26.1 Å². The zero-order valence-corrected chi connectivity index (χ0v) is 12.7. The molecule has 0 aromatic heterocycles. The molecule has 4 heteroatoms. The highest BCUT2D eigenvalue weighted by molar-refractivity contribution is 5.76. The summed E-state index contributed by atoms with van der Waals surface area (Å²) < 4.78 is 5.37. The first-order valence-corrected chi connectivity index (χ1v) is 7.50. The topological polar surface area (TPSA) is 64.4 Å². The van der Waals surface area contributed by atoms with Gasteiger partial charge in [-0.2, -0.15) is 0 Å². The minimum atomic E-state index is 0.142. The van der Waals surface area contributed by atoms with Crippen molar-refractivity contribution in [3.63, 3.8) is 0 Å². The lowest BCUT2D eigenvalue weighted by atomic mass is 9.82. The molecule has 1 aliphatic rings. The summed E-state index contributed by atoms with van der Waals surface area (Å²) in [6.07, 6.45) is 3.63. The van der Waals surface area contributed by atoms with Gasteiger partial charge < -0.3 is 15.8 Å². The Morgan fingerprint density at radius 1 is 1.37 bits per heavy atom. The Hall–Kier alpha value is -0.610. The third kappa shape index (κ3) is 6.39. The van der Waals surface area contributed by atoms with E-state index in [0.29, 0.717) is 24.8 Å². The lowest BCUT2D eigenvalue weighted by Gasteiger charge is -2.33. The average molecular weight is 270 g/mol. The molecular formula is C15H30N2O2. The maximum atomic E-state index is 12.0. The summed E-state index contributed by atoms with van der Waals surface area (Å²) in [5.74, 6) is 1.04. The highest BCUT2D eigenvalue weighted by Crippen LogP contribution is 2.28. The number of hydrogen-bond acceptors (Lipinski definition) is 3. The standard InChI is InChI=1S/C15H30N2O2/c1-12(2)8-13(10-16)9-14(18)17-11-15(3)4-6-19-7-5-15/h12-13H,4-11,16H2,1-3H3,(H,17,18). The Morgan fingerprint density at radius 3 is 2.53 bits per heavy atom. The second-order valence-electron chi connectivity index (χ2n) is 6.64. The highest BCUT2D eigenvalue weighted by Gasteiger charge is 2.28. The molecule has 1 heterocycles. The number of nitrogens with one attached hydrogen (secondary N) is 1. The molecule has 0 aromatic rings. The number of rotatable bonds is 7. The van der Waals surface area contributed by atoms with Crippen LogP contribution in [0.3, 0.4) is 0 Å². The molecule has 1 saturated heterocycles. The summed E-state index contributed by atoms with van der Waals surface area (Å²) >= 11 is 0. The molecule has 0 spiro atoms. The maximum Gasteiger partial charge on any atom is 0.220 e. The molecule has 19 heavy (non-hydrogen) atoms. The van der Waals surface area contributed by atoms with Crippen molar-refractivity contribution in [1.82, 2.24) is 5.32 Å². The fourth-order valence-electron chi connectivity index (χ4n) is 2.62. The number of amides is 1. The Morgan fingerprint density at radius 2 is 2.00 bits per heavy atom. The molecule has 0 bridgehead atoms. The first-order valence-electron chi connectivity index (χ1n) is 7.50. The van der Waals surface area contributed by atoms with Crippen LogP contribution in [0.1, 0.15) is 46.5 Å². The van der Waals surface area contributed by atoms with Gasteiger partial charge in [-0.25, -0.2) is 0 Å². The largest absolute Gasteiger partial charge is 0.381 e. The minimum absolute atomic E-state index is 0.142. The van der Waals surface area contributed by atoms with Gasteiger partial charge in [0, 0.05) is 26.2 Å². The smallest absolute Gasteiger partial charge is 0.220 e. The zero-order chi connectivity index (χ0) is 14.3.